The lowest BCUT2D eigenvalue weighted by molar-refractivity contribution is -0.122. The Morgan fingerprint density at radius 2 is 1.67 bits per heavy atom. The molecule has 0 aromatic heterocycles. The number of para-hydroxylation sites is 2. The predicted molar refractivity (Wildman–Crippen MR) is 79.1 cm³/mol. The van der Waals surface area contributed by atoms with Crippen molar-refractivity contribution in [2.75, 3.05) is 17.3 Å². The van der Waals surface area contributed by atoms with E-state index in [1.165, 1.54) is 0 Å². The predicted octanol–water partition coefficient (Wildman–Crippen LogP) is 1.67. The molecule has 1 unspecified atom stereocenters. The minimum Gasteiger partial charge on any atom is -0.350 e. The molecule has 21 heavy (non-hydrogen) atoms. The molecule has 1 spiro atoms. The molecule has 5 heteroatoms. The molecular formula is C16H13N3O2. The first-order valence-corrected chi connectivity index (χ1v) is 6.71. The monoisotopic (exact) mass is 279 g/mol. The number of likely N-dealkylation sites (N-methyl/N-ethyl adjacent to an activating group) is 1. The van der Waals surface area contributed by atoms with Crippen molar-refractivity contribution in [2.24, 2.45) is 0 Å². The summed E-state index contributed by atoms with van der Waals surface area (Å²) in [6.45, 7) is 0. The van der Waals surface area contributed by atoms with Gasteiger partial charge in [0.2, 0.25) is 5.66 Å². The molecule has 2 aliphatic heterocycles. The summed E-state index contributed by atoms with van der Waals surface area (Å²) in [5.74, 6) is -0.436. The van der Waals surface area contributed by atoms with E-state index in [4.69, 9.17) is 0 Å². The number of carbonyl (C=O) groups is 2. The van der Waals surface area contributed by atoms with Crippen LogP contribution in [0.5, 0.6) is 0 Å². The highest BCUT2D eigenvalue weighted by Crippen LogP contribution is 2.42. The summed E-state index contributed by atoms with van der Waals surface area (Å²) < 4.78 is 0. The zero-order valence-electron chi connectivity index (χ0n) is 11.4. The van der Waals surface area contributed by atoms with Gasteiger partial charge in [-0.1, -0.05) is 30.3 Å². The number of carbonyl (C=O) groups excluding carboxylic acids is 2. The lowest BCUT2D eigenvalue weighted by Gasteiger charge is -2.36. The third-order valence-electron chi connectivity index (χ3n) is 4.09. The van der Waals surface area contributed by atoms with Gasteiger partial charge in [0.25, 0.3) is 11.8 Å². The van der Waals surface area contributed by atoms with Gasteiger partial charge < -0.3 is 15.5 Å². The third-order valence-corrected chi connectivity index (χ3v) is 4.09. The Labute approximate surface area is 121 Å². The minimum absolute atomic E-state index is 0.188. The van der Waals surface area contributed by atoms with Gasteiger partial charge in [0.05, 0.1) is 11.3 Å². The number of amides is 2. The van der Waals surface area contributed by atoms with Crippen molar-refractivity contribution >= 4 is 23.2 Å². The summed E-state index contributed by atoms with van der Waals surface area (Å²) in [5.41, 5.74) is 1.56. The number of rotatable bonds is 0. The molecule has 2 amide bonds. The summed E-state index contributed by atoms with van der Waals surface area (Å²) in [5, 5.41) is 6.06. The first kappa shape index (κ1) is 12.0. The van der Waals surface area contributed by atoms with Crippen LogP contribution in [0.4, 0.5) is 11.4 Å². The Bertz CT molecular complexity index is 787. The fraction of sp³-hybridized carbons (Fsp3) is 0.125. The van der Waals surface area contributed by atoms with E-state index in [0.29, 0.717) is 11.3 Å². The van der Waals surface area contributed by atoms with Gasteiger partial charge >= 0.3 is 0 Å². The van der Waals surface area contributed by atoms with Crippen molar-refractivity contribution in [1.82, 2.24) is 5.32 Å². The Hall–Kier alpha value is -2.82. The van der Waals surface area contributed by atoms with Gasteiger partial charge in [0, 0.05) is 18.3 Å². The van der Waals surface area contributed by atoms with E-state index in [2.05, 4.69) is 10.6 Å². The molecule has 2 heterocycles. The van der Waals surface area contributed by atoms with Crippen LogP contribution in [0.25, 0.3) is 0 Å². The molecule has 2 aromatic rings. The van der Waals surface area contributed by atoms with Gasteiger partial charge in [-0.2, -0.15) is 0 Å². The number of nitrogens with zero attached hydrogens (tertiary/aromatic N) is 1. The van der Waals surface area contributed by atoms with Crippen molar-refractivity contribution in [3.05, 3.63) is 59.7 Å². The zero-order chi connectivity index (χ0) is 14.6. The van der Waals surface area contributed by atoms with Crippen LogP contribution < -0.4 is 15.5 Å². The van der Waals surface area contributed by atoms with Crippen molar-refractivity contribution in [3.63, 3.8) is 0 Å². The average Bonchev–Trinajstić information content (AvgIpc) is 2.71. The maximum Gasteiger partial charge on any atom is 0.278 e. The Kier molecular flexibility index (Phi) is 2.19. The zero-order valence-corrected chi connectivity index (χ0v) is 11.4. The van der Waals surface area contributed by atoms with Crippen LogP contribution in [0.3, 0.4) is 0 Å². The largest absolute Gasteiger partial charge is 0.350 e. The average molecular weight is 279 g/mol. The normalized spacial score (nSPS) is 22.6. The topological polar surface area (TPSA) is 61.4 Å². The van der Waals surface area contributed by atoms with E-state index >= 15 is 0 Å². The number of nitrogens with one attached hydrogen (secondary N) is 2. The lowest BCUT2D eigenvalue weighted by Crippen LogP contribution is -2.60. The van der Waals surface area contributed by atoms with Gasteiger partial charge in [0.15, 0.2) is 0 Å². The third kappa shape index (κ3) is 1.40. The van der Waals surface area contributed by atoms with Crippen LogP contribution in [0, 0.1) is 0 Å². The molecule has 0 bridgehead atoms. The van der Waals surface area contributed by atoms with Crippen LogP contribution >= 0.6 is 0 Å². The second-order valence-electron chi connectivity index (χ2n) is 5.26. The second-order valence-corrected chi connectivity index (χ2v) is 5.26. The van der Waals surface area contributed by atoms with E-state index in [9.17, 15) is 9.59 Å². The second kappa shape index (κ2) is 3.85. The van der Waals surface area contributed by atoms with Crippen molar-refractivity contribution < 1.29 is 9.59 Å². The van der Waals surface area contributed by atoms with Crippen LogP contribution in [0.2, 0.25) is 0 Å². The minimum atomic E-state index is -1.21. The molecule has 0 saturated carbocycles. The smallest absolute Gasteiger partial charge is 0.278 e. The highest BCUT2D eigenvalue weighted by molar-refractivity contribution is 6.14. The molecule has 5 nitrogen and oxygen atoms in total. The molecule has 2 N–H and O–H groups in total. The van der Waals surface area contributed by atoms with Crippen LogP contribution in [-0.2, 0) is 10.5 Å². The van der Waals surface area contributed by atoms with E-state index in [1.54, 1.807) is 24.1 Å². The van der Waals surface area contributed by atoms with Gasteiger partial charge in [-0.25, -0.2) is 0 Å². The van der Waals surface area contributed by atoms with Crippen LogP contribution in [0.15, 0.2) is 48.5 Å². The molecule has 0 fully saturated rings. The maximum atomic E-state index is 12.7. The van der Waals surface area contributed by atoms with Crippen molar-refractivity contribution in [1.29, 1.82) is 0 Å². The van der Waals surface area contributed by atoms with E-state index in [0.717, 1.165) is 11.3 Å². The molecule has 0 aliphatic carbocycles. The molecule has 0 radical (unpaired) electrons. The Morgan fingerprint density at radius 3 is 2.52 bits per heavy atom. The van der Waals surface area contributed by atoms with Crippen LogP contribution in [0.1, 0.15) is 15.9 Å². The molecule has 4 rings (SSSR count). The summed E-state index contributed by atoms with van der Waals surface area (Å²) in [4.78, 5) is 26.7. The lowest BCUT2D eigenvalue weighted by atomic mass is 9.96. The molecule has 1 atom stereocenters. The summed E-state index contributed by atoms with van der Waals surface area (Å²) in [6.07, 6.45) is 0. The standard InChI is InChI=1S/C16H13N3O2/c1-19-13-9-5-3-7-11(13)16(15(19)21)17-12-8-4-2-6-10(12)14(20)18-16/h2-9,17H,1H3,(H,18,20). The quantitative estimate of drug-likeness (QED) is 0.771. The van der Waals surface area contributed by atoms with Crippen LogP contribution in [-0.4, -0.2) is 18.9 Å². The van der Waals surface area contributed by atoms with Gasteiger partial charge in [0.1, 0.15) is 0 Å². The SMILES string of the molecule is CN1C(=O)C2(NC(=O)c3ccccc3N2)c2ccccc21. The van der Waals surface area contributed by atoms with Gasteiger partial charge in [-0.3, -0.25) is 9.59 Å². The summed E-state index contributed by atoms with van der Waals surface area (Å²) in [6, 6.07) is 14.7. The number of anilines is 2. The maximum absolute atomic E-state index is 12.7. The highest BCUT2D eigenvalue weighted by atomic mass is 16.2. The summed E-state index contributed by atoms with van der Waals surface area (Å²) in [7, 11) is 1.71. The number of benzene rings is 2. The molecule has 0 saturated heterocycles. The van der Waals surface area contributed by atoms with E-state index in [1.807, 2.05) is 36.4 Å². The first-order chi connectivity index (χ1) is 10.1. The molecule has 2 aliphatic rings. The molecule has 2 aromatic carbocycles. The Morgan fingerprint density at radius 1 is 0.952 bits per heavy atom. The van der Waals surface area contributed by atoms with E-state index in [-0.39, 0.29) is 11.8 Å². The van der Waals surface area contributed by atoms with Crippen molar-refractivity contribution in [3.8, 4) is 0 Å². The number of hydrogen-bond acceptors (Lipinski definition) is 3. The van der Waals surface area contributed by atoms with Crippen molar-refractivity contribution in [2.45, 2.75) is 5.66 Å². The fourth-order valence-corrected chi connectivity index (χ4v) is 3.06. The highest BCUT2D eigenvalue weighted by Gasteiger charge is 2.53. The number of hydrogen-bond donors (Lipinski definition) is 2. The fourth-order valence-electron chi connectivity index (χ4n) is 3.06. The molecular weight excluding hydrogens is 266 g/mol. The van der Waals surface area contributed by atoms with E-state index < -0.39 is 5.66 Å². The Balaban J connectivity index is 1.94. The van der Waals surface area contributed by atoms with Gasteiger partial charge in [-0.05, 0) is 18.2 Å². The summed E-state index contributed by atoms with van der Waals surface area (Å²) >= 11 is 0. The molecule has 104 valence electrons. The number of fused-ring (bicyclic) bond motifs is 3. The first-order valence-electron chi connectivity index (χ1n) is 6.71. The van der Waals surface area contributed by atoms with Gasteiger partial charge in [-0.15, -0.1) is 0 Å².